The molecule has 0 fully saturated rings. The third kappa shape index (κ3) is 3.61. The van der Waals surface area contributed by atoms with E-state index in [0.717, 1.165) is 17.0 Å². The number of carbonyl (C=O) groups is 1. The van der Waals surface area contributed by atoms with E-state index in [0.29, 0.717) is 23.8 Å². The molecule has 1 N–H and O–H groups in total. The summed E-state index contributed by atoms with van der Waals surface area (Å²) in [7, 11) is 0. The fraction of sp³-hybridized carbons (Fsp3) is 0.474. The van der Waals surface area contributed by atoms with Crippen molar-refractivity contribution in [1.29, 1.82) is 0 Å². The maximum Gasteiger partial charge on any atom is 0.261 e. The molecule has 7 heteroatoms. The molecule has 0 bridgehead atoms. The van der Waals surface area contributed by atoms with Gasteiger partial charge in [-0.2, -0.15) is 5.10 Å². The Bertz CT molecular complexity index is 813. The SMILES string of the molecule is Cc1nn(C(C)C)c(C)c1CNC(=O)C(C)Oc1ccc2c(c1)OCO2. The fourth-order valence-corrected chi connectivity index (χ4v) is 2.98. The Morgan fingerprint density at radius 3 is 2.69 bits per heavy atom. The number of benzene rings is 1. The van der Waals surface area contributed by atoms with Crippen LogP contribution in [0.3, 0.4) is 0 Å². The molecule has 1 unspecified atom stereocenters. The van der Waals surface area contributed by atoms with Gasteiger partial charge >= 0.3 is 0 Å². The van der Waals surface area contributed by atoms with Crippen molar-refractivity contribution in [3.8, 4) is 17.2 Å². The highest BCUT2D eigenvalue weighted by atomic mass is 16.7. The van der Waals surface area contributed by atoms with E-state index in [1.54, 1.807) is 25.1 Å². The van der Waals surface area contributed by atoms with Gasteiger partial charge in [-0.05, 0) is 46.8 Å². The first-order valence-corrected chi connectivity index (χ1v) is 8.75. The van der Waals surface area contributed by atoms with Crippen molar-refractivity contribution in [2.75, 3.05) is 6.79 Å². The molecule has 1 aliphatic rings. The molecule has 0 aliphatic carbocycles. The average Bonchev–Trinajstić information content (AvgIpc) is 3.17. The van der Waals surface area contributed by atoms with E-state index >= 15 is 0 Å². The summed E-state index contributed by atoms with van der Waals surface area (Å²) in [6, 6.07) is 5.55. The van der Waals surface area contributed by atoms with Crippen molar-refractivity contribution in [3.63, 3.8) is 0 Å². The molecule has 0 saturated heterocycles. The molecule has 0 spiro atoms. The maximum atomic E-state index is 12.4. The third-order valence-corrected chi connectivity index (χ3v) is 4.43. The summed E-state index contributed by atoms with van der Waals surface area (Å²) in [5, 5.41) is 7.47. The van der Waals surface area contributed by atoms with Crippen LogP contribution in [0.4, 0.5) is 0 Å². The zero-order valence-electron chi connectivity index (χ0n) is 15.8. The molecule has 3 rings (SSSR count). The largest absolute Gasteiger partial charge is 0.481 e. The lowest BCUT2D eigenvalue weighted by Gasteiger charge is -2.15. The van der Waals surface area contributed by atoms with Crippen LogP contribution < -0.4 is 19.5 Å². The maximum absolute atomic E-state index is 12.4. The number of aryl methyl sites for hydroxylation is 1. The number of rotatable bonds is 6. The van der Waals surface area contributed by atoms with E-state index in [9.17, 15) is 4.79 Å². The van der Waals surface area contributed by atoms with Gasteiger partial charge in [-0.15, -0.1) is 0 Å². The molecule has 1 aliphatic heterocycles. The van der Waals surface area contributed by atoms with Crippen molar-refractivity contribution >= 4 is 5.91 Å². The predicted octanol–water partition coefficient (Wildman–Crippen LogP) is 2.89. The van der Waals surface area contributed by atoms with Crippen molar-refractivity contribution < 1.29 is 19.0 Å². The molecule has 1 aromatic heterocycles. The van der Waals surface area contributed by atoms with Gasteiger partial charge in [0.1, 0.15) is 5.75 Å². The first-order valence-electron chi connectivity index (χ1n) is 8.75. The van der Waals surface area contributed by atoms with Crippen molar-refractivity contribution in [2.24, 2.45) is 0 Å². The number of carbonyl (C=O) groups excluding carboxylic acids is 1. The van der Waals surface area contributed by atoms with Gasteiger partial charge in [-0.25, -0.2) is 0 Å². The smallest absolute Gasteiger partial charge is 0.261 e. The number of nitrogens with one attached hydrogen (secondary N) is 1. The monoisotopic (exact) mass is 359 g/mol. The van der Waals surface area contributed by atoms with Gasteiger partial charge in [-0.1, -0.05) is 0 Å². The highest BCUT2D eigenvalue weighted by molar-refractivity contribution is 5.80. The number of amides is 1. The van der Waals surface area contributed by atoms with Gasteiger partial charge in [0.15, 0.2) is 17.6 Å². The van der Waals surface area contributed by atoms with Crippen LogP contribution in [0.1, 0.15) is 43.8 Å². The molecule has 2 heterocycles. The highest BCUT2D eigenvalue weighted by Crippen LogP contribution is 2.35. The highest BCUT2D eigenvalue weighted by Gasteiger charge is 2.19. The van der Waals surface area contributed by atoms with Crippen LogP contribution >= 0.6 is 0 Å². The number of ether oxygens (including phenoxy) is 3. The van der Waals surface area contributed by atoms with Crippen molar-refractivity contribution in [1.82, 2.24) is 15.1 Å². The van der Waals surface area contributed by atoms with Gasteiger partial charge in [0, 0.05) is 29.9 Å². The topological polar surface area (TPSA) is 74.6 Å². The van der Waals surface area contributed by atoms with E-state index < -0.39 is 6.10 Å². The molecule has 7 nitrogen and oxygen atoms in total. The predicted molar refractivity (Wildman–Crippen MR) is 96.6 cm³/mol. The number of aromatic nitrogens is 2. The van der Waals surface area contributed by atoms with Gasteiger partial charge in [0.2, 0.25) is 6.79 Å². The van der Waals surface area contributed by atoms with E-state index in [1.807, 2.05) is 18.5 Å². The first kappa shape index (κ1) is 18.1. The molecule has 0 saturated carbocycles. The number of hydrogen-bond acceptors (Lipinski definition) is 5. The summed E-state index contributed by atoms with van der Waals surface area (Å²) >= 11 is 0. The Morgan fingerprint density at radius 2 is 2.00 bits per heavy atom. The van der Waals surface area contributed by atoms with Crippen LogP contribution in [0.5, 0.6) is 17.2 Å². The van der Waals surface area contributed by atoms with Crippen LogP contribution in [0, 0.1) is 13.8 Å². The Balaban J connectivity index is 1.60. The van der Waals surface area contributed by atoms with E-state index in [4.69, 9.17) is 14.2 Å². The minimum Gasteiger partial charge on any atom is -0.481 e. The molecule has 1 amide bonds. The molecule has 0 radical (unpaired) electrons. The fourth-order valence-electron chi connectivity index (χ4n) is 2.98. The molecule has 2 aromatic rings. The van der Waals surface area contributed by atoms with Crippen LogP contribution in [-0.4, -0.2) is 28.6 Å². The zero-order chi connectivity index (χ0) is 18.8. The second kappa shape index (κ2) is 7.27. The minimum atomic E-state index is -0.629. The summed E-state index contributed by atoms with van der Waals surface area (Å²) in [4.78, 5) is 12.4. The van der Waals surface area contributed by atoms with Crippen LogP contribution in [-0.2, 0) is 11.3 Å². The lowest BCUT2D eigenvalue weighted by molar-refractivity contribution is -0.127. The average molecular weight is 359 g/mol. The summed E-state index contributed by atoms with van der Waals surface area (Å²) in [5.74, 6) is 1.70. The van der Waals surface area contributed by atoms with Gasteiger partial charge in [0.05, 0.1) is 5.69 Å². The molecule has 1 aromatic carbocycles. The van der Waals surface area contributed by atoms with E-state index in [2.05, 4.69) is 24.3 Å². The first-order chi connectivity index (χ1) is 12.4. The molecule has 26 heavy (non-hydrogen) atoms. The van der Waals surface area contributed by atoms with Crippen LogP contribution in [0.2, 0.25) is 0 Å². The Labute approximate surface area is 153 Å². The van der Waals surface area contributed by atoms with Gasteiger partial charge in [0.25, 0.3) is 5.91 Å². The number of nitrogens with zero attached hydrogens (tertiary/aromatic N) is 2. The molecule has 1 atom stereocenters. The number of hydrogen-bond donors (Lipinski definition) is 1. The Hall–Kier alpha value is -2.70. The van der Waals surface area contributed by atoms with Crippen LogP contribution in [0.25, 0.3) is 0 Å². The third-order valence-electron chi connectivity index (χ3n) is 4.43. The molecular formula is C19H25N3O4. The quantitative estimate of drug-likeness (QED) is 0.858. The second-order valence-corrected chi connectivity index (χ2v) is 6.68. The zero-order valence-corrected chi connectivity index (χ0v) is 15.8. The Kier molecular flexibility index (Phi) is 5.06. The molecular weight excluding hydrogens is 334 g/mol. The minimum absolute atomic E-state index is 0.182. The van der Waals surface area contributed by atoms with Gasteiger partial charge in [-0.3, -0.25) is 9.48 Å². The lowest BCUT2D eigenvalue weighted by atomic mass is 10.2. The molecule has 140 valence electrons. The summed E-state index contributed by atoms with van der Waals surface area (Å²) in [6.45, 7) is 10.5. The van der Waals surface area contributed by atoms with E-state index in [1.165, 1.54) is 0 Å². The summed E-state index contributed by atoms with van der Waals surface area (Å²) in [6.07, 6.45) is -0.629. The van der Waals surface area contributed by atoms with Crippen molar-refractivity contribution in [3.05, 3.63) is 35.2 Å². The van der Waals surface area contributed by atoms with Crippen molar-refractivity contribution in [2.45, 2.75) is 53.3 Å². The Morgan fingerprint density at radius 1 is 1.27 bits per heavy atom. The van der Waals surface area contributed by atoms with Gasteiger partial charge < -0.3 is 19.5 Å². The number of fused-ring (bicyclic) bond motifs is 1. The van der Waals surface area contributed by atoms with E-state index in [-0.39, 0.29) is 18.7 Å². The summed E-state index contributed by atoms with van der Waals surface area (Å²) in [5.41, 5.74) is 3.05. The standard InChI is InChI=1S/C19H25N3O4/c1-11(2)22-13(4)16(12(3)21-22)9-20-19(23)14(5)26-15-6-7-17-18(8-15)25-10-24-17/h6-8,11,14H,9-10H2,1-5H3,(H,20,23). The lowest BCUT2D eigenvalue weighted by Crippen LogP contribution is -2.36. The second-order valence-electron chi connectivity index (χ2n) is 6.68. The normalized spacial score (nSPS) is 13.8. The van der Waals surface area contributed by atoms with Crippen LogP contribution in [0.15, 0.2) is 18.2 Å². The summed E-state index contributed by atoms with van der Waals surface area (Å²) < 4.78 is 18.3.